The lowest BCUT2D eigenvalue weighted by Crippen LogP contribution is -2.39. The predicted octanol–water partition coefficient (Wildman–Crippen LogP) is 6.33. The van der Waals surface area contributed by atoms with E-state index >= 15 is 0 Å². The summed E-state index contributed by atoms with van der Waals surface area (Å²) >= 11 is 0. The number of nitrogens with one attached hydrogen (secondary N) is 1. The lowest BCUT2D eigenvalue weighted by Gasteiger charge is -2.30. The Labute approximate surface area is 279 Å². The van der Waals surface area contributed by atoms with E-state index < -0.39 is 40.6 Å². The maximum atomic E-state index is 13.7. The van der Waals surface area contributed by atoms with Crippen LogP contribution in [0.25, 0.3) is 5.69 Å². The molecule has 3 aromatic rings. The molecule has 0 radical (unpaired) electrons. The first-order valence-electron chi connectivity index (χ1n) is 16.8. The molecule has 12 heteroatoms. The van der Waals surface area contributed by atoms with Crippen LogP contribution in [-0.4, -0.2) is 50.9 Å². The smallest absolute Gasteiger partial charge is 0.391 e. The van der Waals surface area contributed by atoms with Gasteiger partial charge in [-0.25, -0.2) is 4.68 Å². The number of Topliss-reactive ketones (excluding diaryl/α,β-unsaturated/α-hetero) is 1. The number of primary amides is 1. The van der Waals surface area contributed by atoms with Crippen molar-refractivity contribution in [1.29, 1.82) is 0 Å². The number of aliphatic hydroxyl groups is 1. The topological polar surface area (TPSA) is 145 Å². The minimum Gasteiger partial charge on any atom is -0.391 e. The normalized spacial score (nSPS) is 23.9. The molecule has 0 spiro atoms. The summed E-state index contributed by atoms with van der Waals surface area (Å²) in [6, 6.07) is 14.6. The number of ether oxygens (including phenoxy) is 1. The minimum atomic E-state index is -4.78. The number of nitrogens with zero attached hydrogens (tertiary/aromatic N) is 2. The Kier molecular flexibility index (Phi) is 11.0. The Balaban J connectivity index is 0.000000250. The monoisotopic (exact) mass is 669 g/mol. The van der Waals surface area contributed by atoms with E-state index in [1.54, 1.807) is 0 Å². The van der Waals surface area contributed by atoms with Gasteiger partial charge >= 0.3 is 6.18 Å². The van der Waals surface area contributed by atoms with Crippen LogP contribution in [0.2, 0.25) is 0 Å². The van der Waals surface area contributed by atoms with Crippen molar-refractivity contribution in [1.82, 2.24) is 9.78 Å². The highest BCUT2D eigenvalue weighted by Crippen LogP contribution is 2.42. The maximum Gasteiger partial charge on any atom is 0.435 e. The highest BCUT2D eigenvalue weighted by atomic mass is 19.4. The molecule has 48 heavy (non-hydrogen) atoms. The highest BCUT2D eigenvalue weighted by Gasteiger charge is 2.45. The molecule has 1 aromatic heterocycles. The van der Waals surface area contributed by atoms with Crippen LogP contribution < -0.4 is 16.8 Å². The second-order valence-electron chi connectivity index (χ2n) is 14.0. The number of hydrogen-bond donors (Lipinski definition) is 4. The number of nitrogens with two attached hydrogens (primary N) is 2. The second kappa shape index (κ2) is 14.8. The number of aromatic nitrogens is 2. The lowest BCUT2D eigenvalue weighted by molar-refractivity contribution is -0.141. The summed E-state index contributed by atoms with van der Waals surface area (Å²) in [5.41, 5.74) is 11.6. The molecular formula is C36H46F3N5O4. The third-order valence-corrected chi connectivity index (χ3v) is 9.46. The molecule has 0 bridgehead atoms. The van der Waals surface area contributed by atoms with Gasteiger partial charge in [0.15, 0.2) is 11.5 Å². The van der Waals surface area contributed by atoms with Crippen LogP contribution in [0.1, 0.15) is 109 Å². The fraction of sp³-hybridized carbons (Fsp3) is 0.528. The number of aliphatic hydroxyl groups excluding tert-OH is 1. The standard InChI is InChI=1S/C23H27F3N4O3.C13H19NO/c1-22(2)10-16-19(18(32)11-22)20(23(24,25)26)29-30(16)12-7-8-13(21(27)33)15(9-12)28-14-5-3-4-6-17(14)31;14-12-8-4-5-9-13(12)15-10-11-6-2-1-3-7-11/h7-9,14,17,28,31H,3-6,10-11H2,1-2H3,(H2,27,33);1-3,6-7,12-13H,4-5,8-10,14H2/t14-,17-;12-,13-/m00/s1. The van der Waals surface area contributed by atoms with Crippen molar-refractivity contribution in [3.05, 3.63) is 76.6 Å². The van der Waals surface area contributed by atoms with E-state index in [1.807, 2.05) is 32.0 Å². The van der Waals surface area contributed by atoms with Crippen LogP contribution in [0.3, 0.4) is 0 Å². The van der Waals surface area contributed by atoms with Gasteiger partial charge in [-0.1, -0.05) is 69.9 Å². The molecule has 3 aliphatic rings. The minimum absolute atomic E-state index is 0.00175. The van der Waals surface area contributed by atoms with Gasteiger partial charge in [-0.15, -0.1) is 0 Å². The number of carbonyl (C=O) groups is 2. The number of benzene rings is 2. The number of fused-ring (bicyclic) bond motifs is 1. The van der Waals surface area contributed by atoms with Gasteiger partial charge in [-0.05, 0) is 61.3 Å². The molecule has 6 N–H and O–H groups in total. The van der Waals surface area contributed by atoms with Crippen LogP contribution in [0.4, 0.5) is 18.9 Å². The van der Waals surface area contributed by atoms with Crippen molar-refractivity contribution in [3.63, 3.8) is 0 Å². The average Bonchev–Trinajstić information content (AvgIpc) is 3.42. The Morgan fingerprint density at radius 3 is 2.40 bits per heavy atom. The predicted molar refractivity (Wildman–Crippen MR) is 177 cm³/mol. The van der Waals surface area contributed by atoms with Gasteiger partial charge < -0.3 is 26.6 Å². The fourth-order valence-corrected chi connectivity index (χ4v) is 6.95. The number of hydrogen-bond acceptors (Lipinski definition) is 7. The van der Waals surface area contributed by atoms with E-state index in [9.17, 15) is 27.9 Å². The molecule has 3 aliphatic carbocycles. The third-order valence-electron chi connectivity index (χ3n) is 9.46. The summed E-state index contributed by atoms with van der Waals surface area (Å²) in [5.74, 6) is -1.29. The Bertz CT molecular complexity index is 1590. The molecule has 2 saturated carbocycles. The molecule has 2 fully saturated rings. The van der Waals surface area contributed by atoms with Gasteiger partial charge in [0.1, 0.15) is 0 Å². The highest BCUT2D eigenvalue weighted by molar-refractivity contribution is 6.00. The molecule has 4 atom stereocenters. The quantitative estimate of drug-likeness (QED) is 0.230. The largest absolute Gasteiger partial charge is 0.435 e. The van der Waals surface area contributed by atoms with Gasteiger partial charge in [0.2, 0.25) is 0 Å². The van der Waals surface area contributed by atoms with E-state index in [4.69, 9.17) is 16.2 Å². The number of anilines is 1. The molecule has 1 amide bonds. The summed E-state index contributed by atoms with van der Waals surface area (Å²) in [6.07, 6.45) is 2.93. The Morgan fingerprint density at radius 1 is 1.04 bits per heavy atom. The van der Waals surface area contributed by atoms with E-state index in [0.717, 1.165) is 30.4 Å². The molecule has 6 rings (SSSR count). The van der Waals surface area contributed by atoms with Crippen LogP contribution in [0.5, 0.6) is 0 Å². The SMILES string of the molecule is CC1(C)CC(=O)c2c(C(F)(F)F)nn(-c3ccc(C(N)=O)c(N[C@H]4CCCC[C@@H]4O)c3)c2C1.N[C@H]1CCCC[C@@H]1OCc1ccccc1. The molecule has 0 unspecified atom stereocenters. The molecule has 9 nitrogen and oxygen atoms in total. The van der Waals surface area contributed by atoms with Gasteiger partial charge in [0.25, 0.3) is 5.91 Å². The lowest BCUT2D eigenvalue weighted by atomic mass is 9.75. The zero-order chi connectivity index (χ0) is 34.6. The van der Waals surface area contributed by atoms with Crippen LogP contribution in [-0.2, 0) is 23.9 Å². The van der Waals surface area contributed by atoms with Crippen LogP contribution in [0.15, 0.2) is 48.5 Å². The van der Waals surface area contributed by atoms with E-state index in [0.29, 0.717) is 25.1 Å². The van der Waals surface area contributed by atoms with Crippen molar-refractivity contribution in [2.24, 2.45) is 16.9 Å². The number of carbonyl (C=O) groups excluding carboxylic acids is 2. The van der Waals surface area contributed by atoms with E-state index in [-0.39, 0.29) is 48.0 Å². The number of ketones is 1. The first kappa shape index (κ1) is 35.6. The van der Waals surface area contributed by atoms with E-state index in [1.165, 1.54) is 36.6 Å². The van der Waals surface area contributed by atoms with Crippen molar-refractivity contribution in [3.8, 4) is 5.69 Å². The summed E-state index contributed by atoms with van der Waals surface area (Å²) in [6.45, 7) is 4.34. The van der Waals surface area contributed by atoms with Crippen molar-refractivity contribution >= 4 is 17.4 Å². The first-order valence-corrected chi connectivity index (χ1v) is 16.8. The first-order chi connectivity index (χ1) is 22.7. The Morgan fingerprint density at radius 2 is 1.73 bits per heavy atom. The van der Waals surface area contributed by atoms with Gasteiger partial charge in [0.05, 0.1) is 47.4 Å². The van der Waals surface area contributed by atoms with Crippen molar-refractivity contribution in [2.45, 2.75) is 115 Å². The molecule has 260 valence electrons. The maximum absolute atomic E-state index is 13.7. The van der Waals surface area contributed by atoms with Gasteiger partial charge in [-0.3, -0.25) is 9.59 Å². The Hall–Kier alpha value is -3.74. The summed E-state index contributed by atoms with van der Waals surface area (Å²) in [5, 5.41) is 17.3. The number of amides is 1. The third kappa shape index (κ3) is 8.45. The molecule has 0 aliphatic heterocycles. The van der Waals surface area contributed by atoms with Crippen molar-refractivity contribution < 1.29 is 32.6 Å². The number of alkyl halides is 3. The summed E-state index contributed by atoms with van der Waals surface area (Å²) in [7, 11) is 0. The fourth-order valence-electron chi connectivity index (χ4n) is 6.95. The zero-order valence-electron chi connectivity index (χ0n) is 27.6. The van der Waals surface area contributed by atoms with Gasteiger partial charge in [-0.2, -0.15) is 18.3 Å². The molecule has 0 saturated heterocycles. The number of rotatable bonds is 7. The molecule has 1 heterocycles. The summed E-state index contributed by atoms with van der Waals surface area (Å²) < 4.78 is 48.2. The van der Waals surface area contributed by atoms with Gasteiger partial charge in [0, 0.05) is 18.2 Å². The molecular weight excluding hydrogens is 623 g/mol. The zero-order valence-corrected chi connectivity index (χ0v) is 27.6. The average molecular weight is 670 g/mol. The molecule has 2 aromatic carbocycles. The van der Waals surface area contributed by atoms with Crippen LogP contribution in [0, 0.1) is 5.41 Å². The second-order valence-corrected chi connectivity index (χ2v) is 14.0. The van der Waals surface area contributed by atoms with Crippen LogP contribution >= 0.6 is 0 Å². The van der Waals surface area contributed by atoms with Crippen molar-refractivity contribution in [2.75, 3.05) is 5.32 Å². The summed E-state index contributed by atoms with van der Waals surface area (Å²) in [4.78, 5) is 24.7. The number of halogens is 3. The van der Waals surface area contributed by atoms with E-state index in [2.05, 4.69) is 22.5 Å².